The van der Waals surface area contributed by atoms with Gasteiger partial charge >= 0.3 is 0 Å². The molecule has 0 saturated carbocycles. The highest BCUT2D eigenvalue weighted by Crippen LogP contribution is 2.14. The lowest BCUT2D eigenvalue weighted by Gasteiger charge is -2.12. The first-order valence-corrected chi connectivity index (χ1v) is 5.18. The van der Waals surface area contributed by atoms with E-state index in [1.807, 2.05) is 0 Å². The van der Waals surface area contributed by atoms with Gasteiger partial charge in [-0.1, -0.05) is 11.6 Å². The molecule has 0 bridgehead atoms. The van der Waals surface area contributed by atoms with Gasteiger partial charge in [0.05, 0.1) is 19.1 Å². The second-order valence-corrected chi connectivity index (χ2v) is 3.93. The van der Waals surface area contributed by atoms with E-state index >= 15 is 0 Å². The zero-order valence-corrected chi connectivity index (χ0v) is 9.15. The first kappa shape index (κ1) is 11.3. The number of halogens is 1. The number of nitrogens with two attached hydrogens (primary N) is 1. The van der Waals surface area contributed by atoms with Crippen molar-refractivity contribution in [2.45, 2.75) is 6.04 Å². The smallest absolute Gasteiger partial charge is 0.232 e. The van der Waals surface area contributed by atoms with Crippen molar-refractivity contribution in [1.82, 2.24) is 10.2 Å². The second-order valence-electron chi connectivity index (χ2n) is 3.54. The van der Waals surface area contributed by atoms with Gasteiger partial charge in [-0.05, 0) is 12.1 Å². The van der Waals surface area contributed by atoms with Crippen LogP contribution < -0.4 is 11.1 Å². The molecule has 7 heteroatoms. The van der Waals surface area contributed by atoms with Crippen LogP contribution in [0.2, 0.25) is 5.15 Å². The number of amides is 1. The largest absolute Gasteiger partial charge is 0.379 e. The Morgan fingerprint density at radius 1 is 1.50 bits per heavy atom. The molecule has 2 unspecified atom stereocenters. The number of rotatable bonds is 2. The van der Waals surface area contributed by atoms with Crippen molar-refractivity contribution in [2.75, 3.05) is 18.5 Å². The minimum atomic E-state index is -0.336. The van der Waals surface area contributed by atoms with Crippen molar-refractivity contribution in [3.8, 4) is 0 Å². The van der Waals surface area contributed by atoms with E-state index in [1.165, 1.54) is 0 Å². The molecule has 1 saturated heterocycles. The highest BCUT2D eigenvalue weighted by atomic mass is 35.5. The average Bonchev–Trinajstić information content (AvgIpc) is 2.68. The van der Waals surface area contributed by atoms with Gasteiger partial charge in [0, 0.05) is 6.04 Å². The molecule has 1 aliphatic rings. The van der Waals surface area contributed by atoms with Crippen LogP contribution in [0.4, 0.5) is 5.82 Å². The Balaban J connectivity index is 1.99. The third-order valence-corrected chi connectivity index (χ3v) is 2.55. The Hall–Kier alpha value is -1.24. The monoisotopic (exact) mass is 242 g/mol. The van der Waals surface area contributed by atoms with E-state index in [0.717, 1.165) is 0 Å². The van der Waals surface area contributed by atoms with Crippen molar-refractivity contribution < 1.29 is 9.53 Å². The molecule has 1 aliphatic heterocycles. The van der Waals surface area contributed by atoms with Crippen LogP contribution in [0.3, 0.4) is 0 Å². The summed E-state index contributed by atoms with van der Waals surface area (Å²) in [5.74, 6) is -0.187. The topological polar surface area (TPSA) is 90.1 Å². The maximum absolute atomic E-state index is 11.7. The van der Waals surface area contributed by atoms with Crippen LogP contribution in [0.1, 0.15) is 0 Å². The van der Waals surface area contributed by atoms with Crippen molar-refractivity contribution in [1.29, 1.82) is 0 Å². The summed E-state index contributed by atoms with van der Waals surface area (Å²) < 4.78 is 5.10. The number of anilines is 1. The van der Waals surface area contributed by atoms with Crippen LogP contribution >= 0.6 is 11.6 Å². The van der Waals surface area contributed by atoms with E-state index in [9.17, 15) is 4.79 Å². The first-order chi connectivity index (χ1) is 7.66. The van der Waals surface area contributed by atoms with Crippen molar-refractivity contribution in [2.24, 2.45) is 11.7 Å². The Morgan fingerprint density at radius 3 is 2.88 bits per heavy atom. The number of carbonyl (C=O) groups is 1. The number of nitrogens with zero attached hydrogens (tertiary/aromatic N) is 2. The number of nitrogens with one attached hydrogen (secondary N) is 1. The standard InChI is InChI=1S/C9H11ClN4O2/c10-7-1-2-8(14-13-7)12-9(15)5-3-16-4-6(5)11/h1-2,5-6H,3-4,11H2,(H,12,14,15). The van der Waals surface area contributed by atoms with E-state index in [0.29, 0.717) is 19.0 Å². The molecular formula is C9H11ClN4O2. The lowest BCUT2D eigenvalue weighted by molar-refractivity contribution is -0.120. The normalized spacial score (nSPS) is 24.4. The fourth-order valence-corrected chi connectivity index (χ4v) is 1.54. The van der Waals surface area contributed by atoms with E-state index in [4.69, 9.17) is 22.1 Å². The van der Waals surface area contributed by atoms with Gasteiger partial charge in [-0.15, -0.1) is 10.2 Å². The van der Waals surface area contributed by atoms with Gasteiger partial charge in [0.1, 0.15) is 0 Å². The average molecular weight is 243 g/mol. The van der Waals surface area contributed by atoms with Gasteiger partial charge in [0.2, 0.25) is 5.91 Å². The molecule has 0 aromatic carbocycles. The van der Waals surface area contributed by atoms with E-state index in [2.05, 4.69) is 15.5 Å². The zero-order chi connectivity index (χ0) is 11.5. The summed E-state index contributed by atoms with van der Waals surface area (Å²) in [5, 5.41) is 10.2. The summed E-state index contributed by atoms with van der Waals surface area (Å²) in [6.45, 7) is 0.748. The number of aromatic nitrogens is 2. The molecule has 2 atom stereocenters. The zero-order valence-electron chi connectivity index (χ0n) is 8.39. The molecular weight excluding hydrogens is 232 g/mol. The molecule has 0 radical (unpaired) electrons. The molecule has 1 aromatic heterocycles. The Morgan fingerprint density at radius 2 is 2.31 bits per heavy atom. The molecule has 3 N–H and O–H groups in total. The number of hydrogen-bond acceptors (Lipinski definition) is 5. The SMILES string of the molecule is NC1COCC1C(=O)Nc1ccc(Cl)nn1. The van der Waals surface area contributed by atoms with Crippen LogP contribution in [-0.4, -0.2) is 35.4 Å². The minimum absolute atomic E-state index is 0.207. The van der Waals surface area contributed by atoms with Crippen LogP contribution in [0.5, 0.6) is 0 Å². The molecule has 1 amide bonds. The fourth-order valence-electron chi connectivity index (χ4n) is 1.44. The number of ether oxygens (including phenoxy) is 1. The molecule has 86 valence electrons. The summed E-state index contributed by atoms with van der Waals surface area (Å²) in [6.07, 6.45) is 0. The molecule has 16 heavy (non-hydrogen) atoms. The van der Waals surface area contributed by atoms with Crippen molar-refractivity contribution in [3.05, 3.63) is 17.3 Å². The second kappa shape index (κ2) is 4.73. The highest BCUT2D eigenvalue weighted by Gasteiger charge is 2.31. The van der Waals surface area contributed by atoms with Crippen LogP contribution in [-0.2, 0) is 9.53 Å². The van der Waals surface area contributed by atoms with Crippen LogP contribution in [0.25, 0.3) is 0 Å². The summed E-state index contributed by atoms with van der Waals surface area (Å²) in [5.41, 5.74) is 5.71. The lowest BCUT2D eigenvalue weighted by Crippen LogP contribution is -2.37. The van der Waals surface area contributed by atoms with E-state index < -0.39 is 0 Å². The Labute approximate surface area is 97.1 Å². The van der Waals surface area contributed by atoms with E-state index in [1.54, 1.807) is 12.1 Å². The number of carbonyl (C=O) groups excluding carboxylic acids is 1. The third kappa shape index (κ3) is 2.46. The lowest BCUT2D eigenvalue weighted by atomic mass is 10.0. The predicted molar refractivity (Wildman–Crippen MR) is 58.0 cm³/mol. The quantitative estimate of drug-likeness (QED) is 0.764. The van der Waals surface area contributed by atoms with Crippen LogP contribution in [0.15, 0.2) is 12.1 Å². The maximum atomic E-state index is 11.7. The summed E-state index contributed by atoms with van der Waals surface area (Å²) in [4.78, 5) is 11.7. The van der Waals surface area contributed by atoms with Gasteiger partial charge in [0.15, 0.2) is 11.0 Å². The van der Waals surface area contributed by atoms with Crippen molar-refractivity contribution >= 4 is 23.3 Å². The molecule has 1 fully saturated rings. The van der Waals surface area contributed by atoms with Gasteiger partial charge in [-0.25, -0.2) is 0 Å². The molecule has 1 aromatic rings. The molecule has 0 aliphatic carbocycles. The Bertz CT molecular complexity index is 384. The highest BCUT2D eigenvalue weighted by molar-refractivity contribution is 6.29. The fraction of sp³-hybridized carbons (Fsp3) is 0.444. The summed E-state index contributed by atoms with van der Waals surface area (Å²) in [6, 6.07) is 2.87. The first-order valence-electron chi connectivity index (χ1n) is 4.80. The van der Waals surface area contributed by atoms with Gasteiger partial charge in [-0.3, -0.25) is 4.79 Å². The number of hydrogen-bond donors (Lipinski definition) is 2. The van der Waals surface area contributed by atoms with Gasteiger partial charge in [-0.2, -0.15) is 0 Å². The molecule has 6 nitrogen and oxygen atoms in total. The summed E-state index contributed by atoms with van der Waals surface area (Å²) >= 11 is 5.57. The van der Waals surface area contributed by atoms with Crippen molar-refractivity contribution in [3.63, 3.8) is 0 Å². The maximum Gasteiger partial charge on any atom is 0.232 e. The predicted octanol–water partition coefficient (Wildman–Crippen LogP) is 0.0422. The minimum Gasteiger partial charge on any atom is -0.379 e. The Kier molecular flexibility index (Phi) is 3.33. The van der Waals surface area contributed by atoms with Gasteiger partial charge in [0.25, 0.3) is 0 Å². The summed E-state index contributed by atoms with van der Waals surface area (Å²) in [7, 11) is 0. The van der Waals surface area contributed by atoms with Crippen LogP contribution in [0, 0.1) is 5.92 Å². The molecule has 2 heterocycles. The van der Waals surface area contributed by atoms with E-state index in [-0.39, 0.29) is 23.0 Å². The molecule has 0 spiro atoms. The third-order valence-electron chi connectivity index (χ3n) is 2.34. The molecule has 2 rings (SSSR count). The van der Waals surface area contributed by atoms with Gasteiger partial charge < -0.3 is 15.8 Å².